The third-order valence-electron chi connectivity index (χ3n) is 5.51. The highest BCUT2D eigenvalue weighted by Crippen LogP contribution is 2.28. The average molecular weight is 504 g/mol. The van der Waals surface area contributed by atoms with E-state index in [0.717, 1.165) is 70.6 Å². The van der Waals surface area contributed by atoms with Gasteiger partial charge in [0, 0.05) is 43.8 Å². The maximum Gasteiger partial charge on any atom is 0.280 e. The number of nitrogens with one attached hydrogen (secondary N) is 1. The Morgan fingerprint density at radius 3 is 2.59 bits per heavy atom. The molecule has 0 spiro atoms. The molecule has 0 radical (unpaired) electrons. The summed E-state index contributed by atoms with van der Waals surface area (Å²) in [5.41, 5.74) is 1.18. The van der Waals surface area contributed by atoms with Gasteiger partial charge >= 0.3 is 0 Å². The van der Waals surface area contributed by atoms with Gasteiger partial charge in [-0.2, -0.15) is 0 Å². The van der Waals surface area contributed by atoms with Crippen molar-refractivity contribution in [1.82, 2.24) is 15.2 Å². The highest BCUT2D eigenvalue weighted by atomic mass is 35.5. The van der Waals surface area contributed by atoms with E-state index >= 15 is 0 Å². The first-order chi connectivity index (χ1) is 14.7. The van der Waals surface area contributed by atoms with Crippen LogP contribution in [-0.4, -0.2) is 62.2 Å². The number of benzene rings is 1. The van der Waals surface area contributed by atoms with Crippen molar-refractivity contribution in [3.05, 3.63) is 40.3 Å². The minimum atomic E-state index is -0.0341. The number of methoxy groups -OCH3 is 1. The number of halogens is 2. The molecule has 0 unspecified atom stereocenters. The zero-order chi connectivity index (χ0) is 21.2. The van der Waals surface area contributed by atoms with Gasteiger partial charge in [0.15, 0.2) is 5.01 Å². The lowest BCUT2D eigenvalue weighted by Gasteiger charge is -2.36. The lowest BCUT2D eigenvalue weighted by molar-refractivity contribution is 0.0952. The molecule has 0 aliphatic carbocycles. The van der Waals surface area contributed by atoms with Crippen LogP contribution in [0.1, 0.15) is 47.3 Å². The van der Waals surface area contributed by atoms with Gasteiger partial charge in [0.2, 0.25) is 0 Å². The quantitative estimate of drug-likeness (QED) is 0.452. The van der Waals surface area contributed by atoms with Crippen molar-refractivity contribution in [2.75, 3.05) is 51.3 Å². The zero-order valence-corrected chi connectivity index (χ0v) is 21.5. The summed E-state index contributed by atoms with van der Waals surface area (Å²) in [5.74, 6) is 0.910. The summed E-state index contributed by atoms with van der Waals surface area (Å²) in [6.07, 6.45) is 7.26. The van der Waals surface area contributed by atoms with E-state index in [4.69, 9.17) is 4.74 Å². The van der Waals surface area contributed by atoms with Crippen molar-refractivity contribution in [1.29, 1.82) is 0 Å². The largest absolute Gasteiger partial charge is 0.495 e. The Balaban J connectivity index is 0.00000256. The second-order valence-electron chi connectivity index (χ2n) is 7.70. The van der Waals surface area contributed by atoms with E-state index in [9.17, 15) is 4.79 Å². The van der Waals surface area contributed by atoms with Crippen LogP contribution in [0.3, 0.4) is 0 Å². The van der Waals surface area contributed by atoms with E-state index in [-0.39, 0.29) is 30.7 Å². The topological polar surface area (TPSA) is 57.7 Å². The summed E-state index contributed by atoms with van der Waals surface area (Å²) in [4.78, 5) is 22.6. The summed E-state index contributed by atoms with van der Waals surface area (Å²) < 4.78 is 5.49. The predicted octanol–water partition coefficient (Wildman–Crippen LogP) is 4.67. The first kappa shape index (κ1) is 28.5. The molecule has 0 saturated carbocycles. The van der Waals surface area contributed by atoms with Gasteiger partial charge in [0.05, 0.1) is 12.8 Å². The number of aryl methyl sites for hydroxylation is 1. The van der Waals surface area contributed by atoms with Gasteiger partial charge in [-0.1, -0.05) is 25.5 Å². The second kappa shape index (κ2) is 15.3. The minimum absolute atomic E-state index is 0. The molecule has 1 aromatic carbocycles. The molecule has 1 aliphatic rings. The van der Waals surface area contributed by atoms with Crippen LogP contribution in [0.2, 0.25) is 0 Å². The molecule has 32 heavy (non-hydrogen) atoms. The smallest absolute Gasteiger partial charge is 0.280 e. The van der Waals surface area contributed by atoms with Crippen LogP contribution in [0.4, 0.5) is 5.69 Å². The molecule has 1 N–H and O–H groups in total. The number of hydrogen-bond acceptors (Lipinski definition) is 6. The first-order valence-corrected chi connectivity index (χ1v) is 11.9. The number of nitrogens with zero attached hydrogens (tertiary/aromatic N) is 3. The number of carbonyl (C=O) groups is 1. The highest BCUT2D eigenvalue weighted by molar-refractivity contribution is 7.13. The Bertz CT molecular complexity index is 798. The zero-order valence-electron chi connectivity index (χ0n) is 19.0. The molecule has 2 heterocycles. The van der Waals surface area contributed by atoms with Crippen molar-refractivity contribution >= 4 is 47.7 Å². The third-order valence-corrected chi connectivity index (χ3v) is 6.57. The second-order valence-corrected chi connectivity index (χ2v) is 8.81. The maximum absolute atomic E-state index is 12.2. The number of para-hydroxylation sites is 2. The molecule has 1 saturated heterocycles. The summed E-state index contributed by atoms with van der Waals surface area (Å²) >= 11 is 1.52. The third kappa shape index (κ3) is 8.43. The van der Waals surface area contributed by atoms with Gasteiger partial charge in [0.1, 0.15) is 5.75 Å². The maximum atomic E-state index is 12.2. The molecule has 180 valence electrons. The fraction of sp³-hybridized carbons (Fsp3) is 0.565. The van der Waals surface area contributed by atoms with Gasteiger partial charge in [-0.15, -0.1) is 36.2 Å². The number of rotatable bonds is 11. The van der Waals surface area contributed by atoms with E-state index in [1.807, 2.05) is 18.3 Å². The Hall–Kier alpha value is -1.54. The summed E-state index contributed by atoms with van der Waals surface area (Å²) in [6.45, 7) is 8.12. The van der Waals surface area contributed by atoms with Gasteiger partial charge in [-0.25, -0.2) is 4.98 Å². The van der Waals surface area contributed by atoms with Gasteiger partial charge in [-0.3, -0.25) is 9.69 Å². The Kier molecular flexibility index (Phi) is 13.6. The SMILES string of the molecule is CCCCc1cnc(C(=O)NCCCCN2CCN(c3ccccc3OC)CC2)s1.Cl.Cl. The van der Waals surface area contributed by atoms with Crippen LogP contribution in [0, 0.1) is 0 Å². The van der Waals surface area contributed by atoms with Crippen molar-refractivity contribution in [2.45, 2.75) is 39.0 Å². The van der Waals surface area contributed by atoms with Crippen molar-refractivity contribution < 1.29 is 9.53 Å². The molecule has 9 heteroatoms. The van der Waals surface area contributed by atoms with E-state index in [0.29, 0.717) is 11.6 Å². The number of amides is 1. The number of aromatic nitrogens is 1. The number of ether oxygens (including phenoxy) is 1. The number of anilines is 1. The molecular formula is C23H36Cl2N4O2S. The normalized spacial score (nSPS) is 13.8. The van der Waals surface area contributed by atoms with Crippen LogP contribution >= 0.6 is 36.2 Å². The van der Waals surface area contributed by atoms with E-state index in [1.165, 1.54) is 21.9 Å². The minimum Gasteiger partial charge on any atom is -0.495 e. The van der Waals surface area contributed by atoms with E-state index in [2.05, 4.69) is 39.2 Å². The van der Waals surface area contributed by atoms with E-state index < -0.39 is 0 Å². The predicted molar refractivity (Wildman–Crippen MR) is 138 cm³/mol. The molecule has 0 atom stereocenters. The Morgan fingerprint density at radius 1 is 1.12 bits per heavy atom. The Labute approximate surface area is 208 Å². The van der Waals surface area contributed by atoms with Crippen LogP contribution in [0.25, 0.3) is 0 Å². The molecule has 1 fully saturated rings. The standard InChI is InChI=1S/C23H34N4O2S.2ClH/c1-3-4-9-19-18-25-23(30-19)22(28)24-12-7-8-13-26-14-16-27(17-15-26)20-10-5-6-11-21(20)29-2;;/h5-6,10-11,18H,3-4,7-9,12-17H2,1-2H3,(H,24,28);2*1H. The first-order valence-electron chi connectivity index (χ1n) is 11.0. The molecule has 1 amide bonds. The van der Waals surface area contributed by atoms with Crippen molar-refractivity contribution in [3.8, 4) is 5.75 Å². The molecular weight excluding hydrogens is 467 g/mol. The average Bonchev–Trinajstić information content (AvgIpc) is 3.27. The van der Waals surface area contributed by atoms with Crippen molar-refractivity contribution in [3.63, 3.8) is 0 Å². The molecule has 2 aromatic rings. The van der Waals surface area contributed by atoms with Gasteiger partial charge < -0.3 is 15.0 Å². The number of hydrogen-bond donors (Lipinski definition) is 1. The molecule has 6 nitrogen and oxygen atoms in total. The van der Waals surface area contributed by atoms with Crippen LogP contribution in [0.15, 0.2) is 30.5 Å². The lowest BCUT2D eigenvalue weighted by Crippen LogP contribution is -2.46. The molecule has 0 bridgehead atoms. The van der Waals surface area contributed by atoms with Crippen molar-refractivity contribution in [2.24, 2.45) is 0 Å². The summed E-state index contributed by atoms with van der Waals surface area (Å²) in [6, 6.07) is 8.23. The number of thiazole rings is 1. The number of carbonyl (C=O) groups excluding carboxylic acids is 1. The fourth-order valence-electron chi connectivity index (χ4n) is 3.72. The summed E-state index contributed by atoms with van der Waals surface area (Å²) in [5, 5.41) is 3.61. The fourth-order valence-corrected chi connectivity index (χ4v) is 4.59. The molecule has 1 aromatic heterocycles. The number of piperazine rings is 1. The van der Waals surface area contributed by atoms with E-state index in [1.54, 1.807) is 7.11 Å². The number of unbranched alkanes of at least 4 members (excludes halogenated alkanes) is 2. The van der Waals surface area contributed by atoms with Crippen LogP contribution in [-0.2, 0) is 6.42 Å². The highest BCUT2D eigenvalue weighted by Gasteiger charge is 2.19. The summed E-state index contributed by atoms with van der Waals surface area (Å²) in [7, 11) is 1.73. The van der Waals surface area contributed by atoms with Gasteiger partial charge in [0.25, 0.3) is 5.91 Å². The monoisotopic (exact) mass is 502 g/mol. The lowest BCUT2D eigenvalue weighted by atomic mass is 10.2. The van der Waals surface area contributed by atoms with Crippen LogP contribution < -0.4 is 15.0 Å². The Morgan fingerprint density at radius 2 is 1.88 bits per heavy atom. The van der Waals surface area contributed by atoms with Gasteiger partial charge in [-0.05, 0) is 44.4 Å². The van der Waals surface area contributed by atoms with Crippen LogP contribution in [0.5, 0.6) is 5.75 Å². The molecule has 3 rings (SSSR count). The molecule has 1 aliphatic heterocycles.